The first kappa shape index (κ1) is 8.80. The normalized spacial score (nSPS) is 39.8. The Balaban J connectivity index is 1.75. The smallest absolute Gasteiger partial charge is 0.0653 e. The molecule has 1 aromatic rings. The van der Waals surface area contributed by atoms with Gasteiger partial charge >= 0.3 is 0 Å². The fourth-order valence-corrected chi connectivity index (χ4v) is 3.63. The largest absolute Gasteiger partial charge is 0.396 e. The van der Waals surface area contributed by atoms with Crippen molar-refractivity contribution < 1.29 is 5.11 Å². The topological polar surface area (TPSA) is 46.0 Å². The minimum absolute atomic E-state index is 0.168. The van der Waals surface area contributed by atoms with E-state index in [-0.39, 0.29) is 5.41 Å². The summed E-state index contributed by atoms with van der Waals surface area (Å²) in [4.78, 5) is 1.22. The number of fused-ring (bicyclic) bond motifs is 1. The van der Waals surface area contributed by atoms with Gasteiger partial charge in [-0.2, -0.15) is 0 Å². The summed E-state index contributed by atoms with van der Waals surface area (Å²) in [5, 5.41) is 13.4. The van der Waals surface area contributed by atoms with E-state index in [0.29, 0.717) is 6.61 Å². The van der Waals surface area contributed by atoms with Gasteiger partial charge in [-0.1, -0.05) is 4.49 Å². The van der Waals surface area contributed by atoms with Gasteiger partial charge < -0.3 is 5.11 Å². The fraction of sp³-hybridized carbons (Fsp3) is 0.800. The number of hydrogen-bond donors (Lipinski definition) is 1. The number of aromatic nitrogens is 2. The van der Waals surface area contributed by atoms with Crippen molar-refractivity contribution in [2.75, 3.05) is 6.61 Å². The van der Waals surface area contributed by atoms with Gasteiger partial charge in [0.05, 0.1) is 6.20 Å². The Morgan fingerprint density at radius 2 is 2.29 bits per heavy atom. The molecule has 2 unspecified atom stereocenters. The predicted molar refractivity (Wildman–Crippen MR) is 54.0 cm³/mol. The van der Waals surface area contributed by atoms with E-state index in [1.165, 1.54) is 35.7 Å². The number of rotatable bonds is 3. The highest BCUT2D eigenvalue weighted by Gasteiger charge is 2.53. The predicted octanol–water partition coefficient (Wildman–Crippen LogP) is 1.49. The quantitative estimate of drug-likeness (QED) is 0.822. The maximum absolute atomic E-state index is 9.52. The molecule has 3 rings (SSSR count). The monoisotopic (exact) mass is 210 g/mol. The van der Waals surface area contributed by atoms with E-state index >= 15 is 0 Å². The van der Waals surface area contributed by atoms with E-state index in [9.17, 15) is 5.11 Å². The van der Waals surface area contributed by atoms with E-state index in [1.54, 1.807) is 0 Å². The lowest BCUT2D eigenvalue weighted by Gasteiger charge is -2.27. The van der Waals surface area contributed by atoms with Crippen LogP contribution in [0.2, 0.25) is 0 Å². The summed E-state index contributed by atoms with van der Waals surface area (Å²) >= 11 is 1.47. The number of nitrogens with zero attached hydrogens (tertiary/aromatic N) is 2. The van der Waals surface area contributed by atoms with E-state index in [1.807, 2.05) is 6.20 Å². The molecule has 0 radical (unpaired) electrons. The molecule has 1 aromatic heterocycles. The third-order valence-corrected chi connectivity index (χ3v) is 4.41. The molecule has 2 aliphatic rings. The molecule has 14 heavy (non-hydrogen) atoms. The lowest BCUT2D eigenvalue weighted by Crippen LogP contribution is -2.26. The van der Waals surface area contributed by atoms with Gasteiger partial charge in [0, 0.05) is 11.5 Å². The second-order valence-electron chi connectivity index (χ2n) is 4.88. The third kappa shape index (κ3) is 1.37. The maximum atomic E-state index is 9.52. The molecule has 3 nitrogen and oxygen atoms in total. The number of aliphatic hydroxyl groups is 1. The lowest BCUT2D eigenvalue weighted by molar-refractivity contribution is 0.118. The molecule has 2 atom stereocenters. The molecule has 2 saturated carbocycles. The average Bonchev–Trinajstić information content (AvgIpc) is 2.68. The van der Waals surface area contributed by atoms with E-state index < -0.39 is 0 Å². The Hall–Kier alpha value is -0.480. The summed E-state index contributed by atoms with van der Waals surface area (Å²) in [6.07, 6.45) is 6.65. The van der Waals surface area contributed by atoms with Gasteiger partial charge in [0.2, 0.25) is 0 Å². The Kier molecular flexibility index (Phi) is 1.89. The van der Waals surface area contributed by atoms with E-state index in [0.717, 1.165) is 18.3 Å². The second-order valence-corrected chi connectivity index (χ2v) is 5.75. The summed E-state index contributed by atoms with van der Waals surface area (Å²) in [5.41, 5.74) is 0.168. The third-order valence-electron chi connectivity index (χ3n) is 3.75. The van der Waals surface area contributed by atoms with Gasteiger partial charge in [-0.3, -0.25) is 0 Å². The van der Waals surface area contributed by atoms with Gasteiger partial charge in [-0.15, -0.1) is 5.10 Å². The van der Waals surface area contributed by atoms with Gasteiger partial charge in [0.25, 0.3) is 0 Å². The number of aliphatic hydroxyl groups excluding tert-OH is 1. The van der Waals surface area contributed by atoms with Crippen molar-refractivity contribution in [1.82, 2.24) is 9.59 Å². The molecule has 76 valence electrons. The van der Waals surface area contributed by atoms with Crippen molar-refractivity contribution >= 4 is 11.5 Å². The number of hydrogen-bond acceptors (Lipinski definition) is 4. The standard InChI is InChI=1S/C10H14N2OS/c13-6-10(2-7-1-8(7)3-10)4-9-5-11-12-14-9/h5,7-8,13H,1-4,6H2. The molecule has 0 spiro atoms. The Morgan fingerprint density at radius 1 is 1.50 bits per heavy atom. The first-order valence-electron chi connectivity index (χ1n) is 5.18. The Morgan fingerprint density at radius 3 is 2.86 bits per heavy atom. The molecule has 1 N–H and O–H groups in total. The van der Waals surface area contributed by atoms with Crippen LogP contribution >= 0.6 is 11.5 Å². The first-order valence-corrected chi connectivity index (χ1v) is 5.96. The Bertz CT molecular complexity index is 315. The lowest BCUT2D eigenvalue weighted by atomic mass is 9.80. The van der Waals surface area contributed by atoms with E-state index in [2.05, 4.69) is 9.59 Å². The summed E-state index contributed by atoms with van der Waals surface area (Å²) in [5.74, 6) is 1.84. The zero-order chi connectivity index (χ0) is 9.60. The molecule has 2 fully saturated rings. The molecule has 0 amide bonds. The van der Waals surface area contributed by atoms with Gasteiger partial charge in [-0.05, 0) is 54.5 Å². The minimum Gasteiger partial charge on any atom is -0.396 e. The van der Waals surface area contributed by atoms with Crippen molar-refractivity contribution in [3.8, 4) is 0 Å². The van der Waals surface area contributed by atoms with Crippen molar-refractivity contribution in [1.29, 1.82) is 0 Å². The van der Waals surface area contributed by atoms with Crippen LogP contribution in [0.5, 0.6) is 0 Å². The highest BCUT2D eigenvalue weighted by Crippen LogP contribution is 2.60. The molecule has 0 saturated heterocycles. The molecule has 0 aromatic carbocycles. The van der Waals surface area contributed by atoms with Gasteiger partial charge in [0.15, 0.2) is 0 Å². The van der Waals surface area contributed by atoms with Crippen LogP contribution in [-0.4, -0.2) is 21.3 Å². The molecular weight excluding hydrogens is 196 g/mol. The molecule has 0 bridgehead atoms. The minimum atomic E-state index is 0.168. The van der Waals surface area contributed by atoms with Crippen molar-refractivity contribution in [3.63, 3.8) is 0 Å². The maximum Gasteiger partial charge on any atom is 0.0653 e. The average molecular weight is 210 g/mol. The summed E-state index contributed by atoms with van der Waals surface area (Å²) in [6, 6.07) is 0. The molecule has 1 heterocycles. The van der Waals surface area contributed by atoms with Crippen LogP contribution in [0.15, 0.2) is 6.20 Å². The van der Waals surface area contributed by atoms with Gasteiger partial charge in [0.1, 0.15) is 0 Å². The van der Waals surface area contributed by atoms with Crippen LogP contribution in [0.1, 0.15) is 24.1 Å². The van der Waals surface area contributed by atoms with Crippen LogP contribution in [0.25, 0.3) is 0 Å². The SMILES string of the molecule is OCC1(Cc2cnns2)CC2CC2C1. The Labute approximate surface area is 87.3 Å². The zero-order valence-electron chi connectivity index (χ0n) is 8.02. The van der Waals surface area contributed by atoms with Crippen LogP contribution in [0.3, 0.4) is 0 Å². The van der Waals surface area contributed by atoms with Crippen molar-refractivity contribution in [3.05, 3.63) is 11.1 Å². The van der Waals surface area contributed by atoms with Crippen LogP contribution in [0.4, 0.5) is 0 Å². The van der Waals surface area contributed by atoms with Crippen molar-refractivity contribution in [2.24, 2.45) is 17.3 Å². The molecule has 2 aliphatic carbocycles. The molecule has 0 aliphatic heterocycles. The molecular formula is C10H14N2OS. The van der Waals surface area contributed by atoms with Crippen LogP contribution in [0, 0.1) is 17.3 Å². The van der Waals surface area contributed by atoms with Crippen molar-refractivity contribution in [2.45, 2.75) is 25.7 Å². The van der Waals surface area contributed by atoms with Gasteiger partial charge in [-0.25, -0.2) is 0 Å². The molecule has 4 heteroatoms. The summed E-state index contributed by atoms with van der Waals surface area (Å²) < 4.78 is 3.87. The highest BCUT2D eigenvalue weighted by molar-refractivity contribution is 7.05. The first-order chi connectivity index (χ1) is 6.81. The van der Waals surface area contributed by atoms with Crippen LogP contribution in [-0.2, 0) is 6.42 Å². The highest BCUT2D eigenvalue weighted by atomic mass is 32.1. The van der Waals surface area contributed by atoms with E-state index in [4.69, 9.17) is 0 Å². The second kappa shape index (κ2) is 3.00. The summed E-state index contributed by atoms with van der Waals surface area (Å²) in [6.45, 7) is 0.331. The van der Waals surface area contributed by atoms with Crippen LogP contribution < -0.4 is 0 Å². The summed E-state index contributed by atoms with van der Waals surface area (Å²) in [7, 11) is 0. The fourth-order valence-electron chi connectivity index (χ4n) is 2.97. The zero-order valence-corrected chi connectivity index (χ0v) is 8.83.